The highest BCUT2D eigenvalue weighted by Gasteiger charge is 2.44. The fraction of sp³-hybridized carbons (Fsp3) is 0.873. The number of hydrogen-bond acceptors (Lipinski definition) is 10. The number of unbranched alkanes of at least 4 members (excludes halogenated alkanes) is 49. The Morgan fingerprint density at radius 3 is 1.17 bits per heavy atom. The molecule has 7 unspecified atom stereocenters. The van der Waals surface area contributed by atoms with Crippen LogP contribution in [0.25, 0.3) is 0 Å². The highest BCUT2D eigenvalue weighted by Crippen LogP contribution is 2.24. The molecular formula is C79H147NO10. The number of esters is 1. The molecule has 0 aromatic heterocycles. The number of allylic oxidation sites excluding steroid dienone is 7. The minimum Gasteiger partial charge on any atom is -0.466 e. The van der Waals surface area contributed by atoms with Gasteiger partial charge in [-0.1, -0.05) is 339 Å². The zero-order chi connectivity index (χ0) is 65.1. The summed E-state index contributed by atoms with van der Waals surface area (Å²) in [5, 5.41) is 54.5. The monoisotopic (exact) mass is 1270 g/mol. The van der Waals surface area contributed by atoms with Crippen molar-refractivity contribution >= 4 is 11.9 Å². The maximum absolute atomic E-state index is 13.1. The molecule has 1 rings (SSSR count). The van der Waals surface area contributed by atoms with Crippen molar-refractivity contribution in [3.8, 4) is 0 Å². The maximum atomic E-state index is 13.1. The fourth-order valence-corrected chi connectivity index (χ4v) is 12.3. The van der Waals surface area contributed by atoms with Crippen molar-refractivity contribution in [1.82, 2.24) is 5.32 Å². The standard InChI is InChI=1S/C79H147NO10/c1-3-5-7-9-11-13-15-16-42-46-49-53-57-61-65-72(82)71(70-89-79-78(87)77(86)76(85)73(69-81)90-79)80-74(83)66-62-58-54-50-47-43-40-38-36-34-32-30-28-26-24-22-20-18-17-19-21-23-25-27-29-31-33-35-37-39-41-44-48-52-56-60-64-68-88-75(84)67-63-59-55-51-45-14-12-10-8-6-4-2/h17,19,23,25,46,49,61,65,71-73,76-79,81-82,85-87H,3-16,18,20-22,24,26-45,47-48,50-60,62-64,66-70H2,1-2H3,(H,80,83)/b19-17-,25-23-,49-46+,65-61+. The minimum atomic E-state index is -1.58. The Kier molecular flexibility index (Phi) is 64.7. The van der Waals surface area contributed by atoms with Crippen LogP contribution in [0.3, 0.4) is 0 Å². The first-order valence-corrected chi connectivity index (χ1v) is 38.9. The van der Waals surface area contributed by atoms with Gasteiger partial charge in [0.15, 0.2) is 6.29 Å². The van der Waals surface area contributed by atoms with E-state index in [1.807, 2.05) is 6.08 Å². The molecule has 7 atom stereocenters. The normalized spacial score (nSPS) is 17.9. The molecule has 1 amide bonds. The minimum absolute atomic E-state index is 0.0124. The molecule has 90 heavy (non-hydrogen) atoms. The lowest BCUT2D eigenvalue weighted by atomic mass is 9.99. The van der Waals surface area contributed by atoms with E-state index < -0.39 is 49.5 Å². The number of rotatable bonds is 69. The van der Waals surface area contributed by atoms with Gasteiger partial charge in [-0.15, -0.1) is 0 Å². The molecule has 1 fully saturated rings. The zero-order valence-electron chi connectivity index (χ0n) is 58.9. The van der Waals surface area contributed by atoms with Crippen LogP contribution in [-0.4, -0.2) is 100 Å². The summed E-state index contributed by atoms with van der Waals surface area (Å²) in [5.74, 6) is -0.175. The Hall–Kier alpha value is -2.38. The van der Waals surface area contributed by atoms with Crippen molar-refractivity contribution in [2.24, 2.45) is 0 Å². The van der Waals surface area contributed by atoms with E-state index in [-0.39, 0.29) is 18.5 Å². The first-order chi connectivity index (χ1) is 44.2. The summed E-state index contributed by atoms with van der Waals surface area (Å²) in [6.07, 6.45) is 79.9. The highest BCUT2D eigenvalue weighted by atomic mass is 16.7. The van der Waals surface area contributed by atoms with Crippen molar-refractivity contribution in [2.45, 2.75) is 423 Å². The van der Waals surface area contributed by atoms with Crippen molar-refractivity contribution in [2.75, 3.05) is 19.8 Å². The quantitative estimate of drug-likeness (QED) is 0.0195. The van der Waals surface area contributed by atoms with Gasteiger partial charge >= 0.3 is 5.97 Å². The van der Waals surface area contributed by atoms with Gasteiger partial charge in [-0.05, 0) is 77.0 Å². The van der Waals surface area contributed by atoms with Gasteiger partial charge in [-0.25, -0.2) is 0 Å². The number of nitrogens with one attached hydrogen (secondary N) is 1. The van der Waals surface area contributed by atoms with Gasteiger partial charge in [0, 0.05) is 12.8 Å². The average Bonchev–Trinajstić information content (AvgIpc) is 1.17. The molecule has 1 heterocycles. The summed E-state index contributed by atoms with van der Waals surface area (Å²) >= 11 is 0. The predicted molar refractivity (Wildman–Crippen MR) is 380 cm³/mol. The molecule has 528 valence electrons. The molecule has 0 bridgehead atoms. The van der Waals surface area contributed by atoms with Crippen LogP contribution in [-0.2, 0) is 23.8 Å². The van der Waals surface area contributed by atoms with Gasteiger partial charge in [0.1, 0.15) is 24.4 Å². The second-order valence-corrected chi connectivity index (χ2v) is 27.1. The summed E-state index contributed by atoms with van der Waals surface area (Å²) < 4.78 is 16.7. The predicted octanol–water partition coefficient (Wildman–Crippen LogP) is 20.7. The van der Waals surface area contributed by atoms with Gasteiger partial charge in [-0.3, -0.25) is 9.59 Å². The lowest BCUT2D eigenvalue weighted by molar-refractivity contribution is -0.302. The van der Waals surface area contributed by atoms with Crippen LogP contribution in [0.15, 0.2) is 48.6 Å². The number of carbonyl (C=O) groups excluding carboxylic acids is 2. The summed E-state index contributed by atoms with van der Waals surface area (Å²) in [5.41, 5.74) is 0. The van der Waals surface area contributed by atoms with Crippen molar-refractivity contribution in [1.29, 1.82) is 0 Å². The number of amides is 1. The maximum Gasteiger partial charge on any atom is 0.305 e. The average molecular weight is 1270 g/mol. The second-order valence-electron chi connectivity index (χ2n) is 27.1. The smallest absolute Gasteiger partial charge is 0.305 e. The lowest BCUT2D eigenvalue weighted by Gasteiger charge is -2.40. The van der Waals surface area contributed by atoms with E-state index in [4.69, 9.17) is 14.2 Å². The number of aliphatic hydroxyl groups excluding tert-OH is 5. The van der Waals surface area contributed by atoms with Crippen LogP contribution in [0.4, 0.5) is 0 Å². The van der Waals surface area contributed by atoms with Crippen LogP contribution >= 0.6 is 0 Å². The number of carbonyl (C=O) groups is 2. The van der Waals surface area contributed by atoms with Crippen LogP contribution in [0.1, 0.15) is 380 Å². The highest BCUT2D eigenvalue weighted by molar-refractivity contribution is 5.76. The van der Waals surface area contributed by atoms with Crippen molar-refractivity contribution < 1.29 is 49.3 Å². The molecule has 0 aromatic carbocycles. The summed E-state index contributed by atoms with van der Waals surface area (Å²) in [4.78, 5) is 25.1. The molecule has 0 spiro atoms. The Labute approximate surface area is 555 Å². The molecule has 11 nitrogen and oxygen atoms in total. The lowest BCUT2D eigenvalue weighted by Crippen LogP contribution is -2.60. The van der Waals surface area contributed by atoms with Crippen molar-refractivity contribution in [3.63, 3.8) is 0 Å². The second kappa shape index (κ2) is 68.0. The first kappa shape index (κ1) is 85.6. The molecule has 0 aliphatic carbocycles. The third kappa shape index (κ3) is 56.0. The molecule has 11 heteroatoms. The largest absolute Gasteiger partial charge is 0.466 e. The van der Waals surface area contributed by atoms with Gasteiger partial charge in [-0.2, -0.15) is 0 Å². The summed E-state index contributed by atoms with van der Waals surface area (Å²) in [6.45, 7) is 4.36. The molecule has 0 saturated carbocycles. The van der Waals surface area contributed by atoms with Gasteiger partial charge in [0.05, 0.1) is 32.0 Å². The topological polar surface area (TPSA) is 175 Å². The Morgan fingerprint density at radius 2 is 0.756 bits per heavy atom. The van der Waals surface area contributed by atoms with E-state index >= 15 is 0 Å². The molecule has 0 radical (unpaired) electrons. The summed E-state index contributed by atoms with van der Waals surface area (Å²) in [7, 11) is 0. The zero-order valence-corrected chi connectivity index (χ0v) is 58.9. The van der Waals surface area contributed by atoms with E-state index in [0.717, 1.165) is 57.8 Å². The molecular weight excluding hydrogens is 1120 g/mol. The van der Waals surface area contributed by atoms with Crippen LogP contribution in [0, 0.1) is 0 Å². The Bertz CT molecular complexity index is 1630. The van der Waals surface area contributed by atoms with E-state index in [1.165, 1.54) is 295 Å². The Morgan fingerprint density at radius 1 is 0.411 bits per heavy atom. The molecule has 1 aliphatic rings. The van der Waals surface area contributed by atoms with Gasteiger partial charge < -0.3 is 45.1 Å². The number of ether oxygens (including phenoxy) is 3. The molecule has 1 aliphatic heterocycles. The van der Waals surface area contributed by atoms with E-state index in [2.05, 4.69) is 55.6 Å². The third-order valence-corrected chi connectivity index (χ3v) is 18.4. The SMILES string of the molecule is CCCCCCCCCC/C=C/CC/C=C/C(O)C(COC1OC(CO)C(O)C(O)C1O)NC(=O)CCCCCCCCCCCCCCCCCCC/C=C\C/C=C\CCCCCCCCCCCCCCCOC(=O)CCCCCCCCCCCCC. The number of hydrogen-bond donors (Lipinski definition) is 6. The molecule has 0 aromatic rings. The van der Waals surface area contributed by atoms with E-state index in [0.29, 0.717) is 19.4 Å². The van der Waals surface area contributed by atoms with Crippen molar-refractivity contribution in [3.05, 3.63) is 48.6 Å². The fourth-order valence-electron chi connectivity index (χ4n) is 12.3. The summed E-state index contributed by atoms with van der Waals surface area (Å²) in [6, 6.07) is -0.826. The van der Waals surface area contributed by atoms with Gasteiger partial charge in [0.25, 0.3) is 0 Å². The van der Waals surface area contributed by atoms with Crippen LogP contribution < -0.4 is 5.32 Å². The van der Waals surface area contributed by atoms with Crippen LogP contribution in [0.5, 0.6) is 0 Å². The number of aliphatic hydroxyl groups is 5. The molecule has 6 N–H and O–H groups in total. The van der Waals surface area contributed by atoms with Gasteiger partial charge in [0.2, 0.25) is 5.91 Å². The van der Waals surface area contributed by atoms with E-state index in [1.54, 1.807) is 6.08 Å². The molecule has 1 saturated heterocycles. The third-order valence-electron chi connectivity index (χ3n) is 18.4. The van der Waals surface area contributed by atoms with E-state index in [9.17, 15) is 35.1 Å². The Balaban J connectivity index is 1.94. The first-order valence-electron chi connectivity index (χ1n) is 38.9. The van der Waals surface area contributed by atoms with Crippen LogP contribution in [0.2, 0.25) is 0 Å².